The Morgan fingerprint density at radius 2 is 1.65 bits per heavy atom. The number of carbonyl (C=O) groups is 3. The molecule has 1 saturated heterocycles. The van der Waals surface area contributed by atoms with Crippen molar-refractivity contribution >= 4 is 18.1 Å². The van der Waals surface area contributed by atoms with E-state index in [0.29, 0.717) is 45.1 Å². The monoisotopic (exact) mass is 361 g/mol. The van der Waals surface area contributed by atoms with Crippen molar-refractivity contribution in [3.8, 4) is 0 Å². The molecule has 2 aliphatic rings. The molecule has 3 amide bonds. The molecule has 1 N–H and O–H groups in total. The Kier molecular flexibility index (Phi) is 9.88. The minimum atomic E-state index is -1.23. The van der Waals surface area contributed by atoms with Crippen LogP contribution in [0.4, 0.5) is 9.59 Å². The Morgan fingerprint density at radius 1 is 1.08 bits per heavy atom. The first kappa shape index (κ1) is 22.6. The van der Waals surface area contributed by atoms with Crippen molar-refractivity contribution in [1.82, 2.24) is 15.1 Å². The first-order chi connectivity index (χ1) is 12.0. The Bertz CT molecular complexity index is 477. The number of rotatable bonds is 5. The zero-order chi connectivity index (χ0) is 18.2. The van der Waals surface area contributed by atoms with Gasteiger partial charge in [-0.15, -0.1) is 0 Å². The van der Waals surface area contributed by atoms with E-state index in [2.05, 4.69) is 5.32 Å². The fourth-order valence-electron chi connectivity index (χ4n) is 3.52. The standard InChI is InChI=1S/C17H29N3O5.Li/c1-2-25-17(24)20-10-8-19(9-11-20)16(23)18-14(15(21)22)12-13-6-4-3-5-7-13;/h13-14H,2-12H2,1H3,(H,18,23)(H,21,22);/q;+1/p-1/t14-;/m0./s1. The molecule has 2 rings (SSSR count). The smallest absolute Gasteiger partial charge is 0.548 e. The van der Waals surface area contributed by atoms with Gasteiger partial charge in [0.2, 0.25) is 0 Å². The van der Waals surface area contributed by atoms with Gasteiger partial charge in [0.25, 0.3) is 0 Å². The molecule has 142 valence electrons. The third-order valence-electron chi connectivity index (χ3n) is 4.97. The molecule has 1 saturated carbocycles. The second-order valence-corrected chi connectivity index (χ2v) is 6.73. The Morgan fingerprint density at radius 3 is 2.19 bits per heavy atom. The molecule has 2 fully saturated rings. The summed E-state index contributed by atoms with van der Waals surface area (Å²) < 4.78 is 4.94. The number of amides is 3. The first-order valence-corrected chi connectivity index (χ1v) is 9.19. The number of nitrogens with one attached hydrogen (secondary N) is 1. The van der Waals surface area contributed by atoms with Crippen LogP contribution in [0, 0.1) is 5.92 Å². The summed E-state index contributed by atoms with van der Waals surface area (Å²) in [5, 5.41) is 14.0. The minimum absolute atomic E-state index is 0. The molecule has 1 heterocycles. The summed E-state index contributed by atoms with van der Waals surface area (Å²) in [6.07, 6.45) is 5.51. The second kappa shape index (κ2) is 11.3. The number of carbonyl (C=O) groups excluding carboxylic acids is 3. The van der Waals surface area contributed by atoms with Crippen LogP contribution in [0.2, 0.25) is 0 Å². The maximum absolute atomic E-state index is 12.3. The number of piperazine rings is 1. The number of hydrogen-bond acceptors (Lipinski definition) is 5. The van der Waals surface area contributed by atoms with Crippen molar-refractivity contribution in [2.75, 3.05) is 32.8 Å². The number of carboxylic acids is 1. The van der Waals surface area contributed by atoms with Crippen molar-refractivity contribution in [3.05, 3.63) is 0 Å². The van der Waals surface area contributed by atoms with Crippen LogP contribution in [0.25, 0.3) is 0 Å². The molecule has 0 bridgehead atoms. The molecular formula is C17H28LiN3O5. The van der Waals surface area contributed by atoms with Crippen LogP contribution in [0.1, 0.15) is 45.4 Å². The summed E-state index contributed by atoms with van der Waals surface area (Å²) in [4.78, 5) is 38.5. The van der Waals surface area contributed by atoms with Gasteiger partial charge in [0.1, 0.15) is 0 Å². The molecule has 0 aromatic rings. The fourth-order valence-corrected chi connectivity index (χ4v) is 3.52. The third-order valence-corrected chi connectivity index (χ3v) is 4.97. The third kappa shape index (κ3) is 6.73. The van der Waals surface area contributed by atoms with E-state index < -0.39 is 18.0 Å². The van der Waals surface area contributed by atoms with Crippen LogP contribution < -0.4 is 29.3 Å². The maximum Gasteiger partial charge on any atom is 1.00 e. The zero-order valence-corrected chi connectivity index (χ0v) is 15.9. The van der Waals surface area contributed by atoms with E-state index >= 15 is 0 Å². The molecule has 0 radical (unpaired) electrons. The topological polar surface area (TPSA) is 102 Å². The minimum Gasteiger partial charge on any atom is -0.548 e. The van der Waals surface area contributed by atoms with E-state index in [1.54, 1.807) is 11.8 Å². The van der Waals surface area contributed by atoms with Gasteiger partial charge in [-0.1, -0.05) is 32.1 Å². The molecule has 0 unspecified atom stereocenters. The summed E-state index contributed by atoms with van der Waals surface area (Å²) in [7, 11) is 0. The normalized spacial score (nSPS) is 19.3. The van der Waals surface area contributed by atoms with Crippen LogP contribution >= 0.6 is 0 Å². The number of urea groups is 1. The number of aliphatic carboxylic acids is 1. The van der Waals surface area contributed by atoms with Gasteiger partial charge >= 0.3 is 31.0 Å². The Hall–Kier alpha value is -1.39. The molecule has 1 atom stereocenters. The molecule has 0 aromatic heterocycles. The summed E-state index contributed by atoms with van der Waals surface area (Å²) in [6, 6.07) is -1.37. The van der Waals surface area contributed by atoms with E-state index in [1.165, 1.54) is 11.3 Å². The van der Waals surface area contributed by atoms with Crippen molar-refractivity contribution in [2.45, 2.75) is 51.5 Å². The molecule has 0 aromatic carbocycles. The first-order valence-electron chi connectivity index (χ1n) is 9.19. The molecule has 0 spiro atoms. The second-order valence-electron chi connectivity index (χ2n) is 6.73. The van der Waals surface area contributed by atoms with Crippen LogP contribution in [0.15, 0.2) is 0 Å². The Labute approximate surface area is 166 Å². The SMILES string of the molecule is CCOC(=O)N1CCN(C(=O)N[C@@H](CC2CCCCC2)C(=O)[O-])CC1.[Li+]. The predicted molar refractivity (Wildman–Crippen MR) is 88.7 cm³/mol. The van der Waals surface area contributed by atoms with Gasteiger partial charge in [-0.25, -0.2) is 9.59 Å². The number of nitrogens with zero attached hydrogens (tertiary/aromatic N) is 2. The van der Waals surface area contributed by atoms with E-state index in [1.807, 2.05) is 0 Å². The van der Waals surface area contributed by atoms with Crippen molar-refractivity contribution < 1.29 is 43.1 Å². The van der Waals surface area contributed by atoms with Gasteiger partial charge in [0.05, 0.1) is 18.6 Å². The van der Waals surface area contributed by atoms with Gasteiger partial charge < -0.3 is 29.8 Å². The van der Waals surface area contributed by atoms with Gasteiger partial charge in [-0.05, 0) is 19.3 Å². The molecule has 1 aliphatic carbocycles. The van der Waals surface area contributed by atoms with Gasteiger partial charge in [0.15, 0.2) is 0 Å². The molecule has 8 nitrogen and oxygen atoms in total. The van der Waals surface area contributed by atoms with Crippen LogP contribution in [-0.2, 0) is 9.53 Å². The van der Waals surface area contributed by atoms with Crippen molar-refractivity contribution in [3.63, 3.8) is 0 Å². The van der Waals surface area contributed by atoms with E-state index in [0.717, 1.165) is 25.7 Å². The number of hydrogen-bond donors (Lipinski definition) is 1. The van der Waals surface area contributed by atoms with Crippen LogP contribution in [0.3, 0.4) is 0 Å². The fraction of sp³-hybridized carbons (Fsp3) is 0.824. The maximum atomic E-state index is 12.3. The summed E-state index contributed by atoms with van der Waals surface area (Å²) in [5.74, 6) is -0.901. The summed E-state index contributed by atoms with van der Waals surface area (Å²) >= 11 is 0. The van der Waals surface area contributed by atoms with Crippen LogP contribution in [-0.4, -0.2) is 66.7 Å². The average Bonchev–Trinajstić information content (AvgIpc) is 2.62. The number of ether oxygens (including phenoxy) is 1. The van der Waals surface area contributed by atoms with E-state index in [4.69, 9.17) is 4.74 Å². The van der Waals surface area contributed by atoms with Crippen molar-refractivity contribution in [1.29, 1.82) is 0 Å². The van der Waals surface area contributed by atoms with E-state index in [-0.39, 0.29) is 25.0 Å². The molecule has 26 heavy (non-hydrogen) atoms. The van der Waals surface area contributed by atoms with Gasteiger partial charge in [-0.3, -0.25) is 0 Å². The largest absolute Gasteiger partial charge is 1.00 e. The van der Waals surface area contributed by atoms with Gasteiger partial charge in [0, 0.05) is 26.2 Å². The zero-order valence-electron chi connectivity index (χ0n) is 15.9. The number of carboxylic acid groups (broad SMARTS) is 1. The van der Waals surface area contributed by atoms with E-state index in [9.17, 15) is 19.5 Å². The average molecular weight is 361 g/mol. The summed E-state index contributed by atoms with van der Waals surface area (Å²) in [6.45, 7) is 3.53. The van der Waals surface area contributed by atoms with Crippen LogP contribution in [0.5, 0.6) is 0 Å². The molecular weight excluding hydrogens is 333 g/mol. The summed E-state index contributed by atoms with van der Waals surface area (Å²) in [5.41, 5.74) is 0. The molecule has 9 heteroatoms. The van der Waals surface area contributed by atoms with Crippen molar-refractivity contribution in [2.24, 2.45) is 5.92 Å². The Balaban J connectivity index is 0.00000338. The van der Waals surface area contributed by atoms with Gasteiger partial charge in [-0.2, -0.15) is 0 Å². The molecule has 1 aliphatic heterocycles. The quantitative estimate of drug-likeness (QED) is 0.549. The predicted octanol–water partition coefficient (Wildman–Crippen LogP) is -2.44.